The van der Waals surface area contributed by atoms with E-state index in [4.69, 9.17) is 4.74 Å². The van der Waals surface area contributed by atoms with Crippen molar-refractivity contribution in [1.29, 1.82) is 0 Å². The van der Waals surface area contributed by atoms with Crippen LogP contribution in [0.4, 0.5) is 0 Å². The highest BCUT2D eigenvalue weighted by molar-refractivity contribution is 4.71. The van der Waals surface area contributed by atoms with E-state index < -0.39 is 0 Å². The monoisotopic (exact) mass is 224 g/mol. The Labute approximate surface area is 101 Å². The van der Waals surface area contributed by atoms with Gasteiger partial charge in [-0.05, 0) is 32.1 Å². The first-order valence-corrected chi connectivity index (χ1v) is 7.60. The molecule has 2 bridgehead atoms. The zero-order valence-corrected chi connectivity index (χ0v) is 10.8. The maximum Gasteiger partial charge on any atom is 0.0579 e. The summed E-state index contributed by atoms with van der Waals surface area (Å²) in [5.74, 6) is 0. The maximum absolute atomic E-state index is 6.20. The van der Waals surface area contributed by atoms with E-state index in [1.165, 1.54) is 83.5 Å². The molecule has 2 heterocycles. The van der Waals surface area contributed by atoms with E-state index >= 15 is 0 Å². The van der Waals surface area contributed by atoms with Crippen LogP contribution in [0.5, 0.6) is 0 Å². The summed E-state index contributed by atoms with van der Waals surface area (Å²) in [5.41, 5.74) is 0. The van der Waals surface area contributed by atoms with Crippen LogP contribution in [0.2, 0.25) is 0 Å². The second-order valence-electron chi connectivity index (χ2n) is 5.72. The summed E-state index contributed by atoms with van der Waals surface area (Å²) in [6.45, 7) is 0. The van der Waals surface area contributed by atoms with E-state index in [0.29, 0.717) is 12.2 Å². The Morgan fingerprint density at radius 3 is 1.31 bits per heavy atom. The fourth-order valence-electron chi connectivity index (χ4n) is 3.21. The Morgan fingerprint density at radius 2 is 0.812 bits per heavy atom. The van der Waals surface area contributed by atoms with Crippen molar-refractivity contribution >= 4 is 0 Å². The molecule has 0 radical (unpaired) electrons. The average molecular weight is 224 g/mol. The van der Waals surface area contributed by atoms with Crippen molar-refractivity contribution in [3.05, 3.63) is 0 Å². The molecule has 2 aliphatic rings. The SMILES string of the molecule is C1CCCCC[C@H]2CCC[C@@H](CCCC1)O2. The molecule has 2 rings (SSSR count). The molecule has 0 amide bonds. The molecule has 2 atom stereocenters. The minimum Gasteiger partial charge on any atom is -0.375 e. The highest BCUT2D eigenvalue weighted by atomic mass is 16.5. The van der Waals surface area contributed by atoms with Crippen LogP contribution in [0.25, 0.3) is 0 Å². The van der Waals surface area contributed by atoms with Crippen molar-refractivity contribution in [1.82, 2.24) is 0 Å². The highest BCUT2D eigenvalue weighted by Gasteiger charge is 2.21. The van der Waals surface area contributed by atoms with Crippen LogP contribution in [0.3, 0.4) is 0 Å². The molecule has 1 heteroatoms. The topological polar surface area (TPSA) is 9.23 Å². The lowest BCUT2D eigenvalue weighted by Crippen LogP contribution is -2.27. The molecular weight excluding hydrogens is 196 g/mol. The largest absolute Gasteiger partial charge is 0.375 e. The van der Waals surface area contributed by atoms with Crippen LogP contribution >= 0.6 is 0 Å². The molecule has 2 fully saturated rings. The average Bonchev–Trinajstić information content (AvgIpc) is 2.32. The van der Waals surface area contributed by atoms with Gasteiger partial charge in [-0.15, -0.1) is 0 Å². The van der Waals surface area contributed by atoms with Crippen molar-refractivity contribution in [3.63, 3.8) is 0 Å². The third-order valence-corrected chi connectivity index (χ3v) is 4.24. The predicted molar refractivity (Wildman–Crippen MR) is 68.7 cm³/mol. The summed E-state index contributed by atoms with van der Waals surface area (Å²) < 4.78 is 6.20. The van der Waals surface area contributed by atoms with Gasteiger partial charge in [0.15, 0.2) is 0 Å². The maximum atomic E-state index is 6.20. The van der Waals surface area contributed by atoms with Gasteiger partial charge in [0.05, 0.1) is 12.2 Å². The smallest absolute Gasteiger partial charge is 0.0579 e. The fourth-order valence-corrected chi connectivity index (χ4v) is 3.21. The van der Waals surface area contributed by atoms with Crippen LogP contribution in [-0.4, -0.2) is 12.2 Å². The van der Waals surface area contributed by atoms with Crippen LogP contribution in [0.1, 0.15) is 83.5 Å². The van der Waals surface area contributed by atoms with Gasteiger partial charge < -0.3 is 4.74 Å². The second-order valence-corrected chi connectivity index (χ2v) is 5.72. The van der Waals surface area contributed by atoms with Crippen molar-refractivity contribution < 1.29 is 4.74 Å². The zero-order chi connectivity index (χ0) is 11.1. The molecule has 0 aromatic heterocycles. The molecular formula is C15H28O. The molecule has 0 N–H and O–H groups in total. The number of hydrogen-bond acceptors (Lipinski definition) is 1. The van der Waals surface area contributed by atoms with Gasteiger partial charge in [-0.2, -0.15) is 0 Å². The summed E-state index contributed by atoms with van der Waals surface area (Å²) >= 11 is 0. The van der Waals surface area contributed by atoms with Gasteiger partial charge in [0.2, 0.25) is 0 Å². The van der Waals surface area contributed by atoms with Gasteiger partial charge in [0.25, 0.3) is 0 Å². The van der Waals surface area contributed by atoms with Crippen LogP contribution < -0.4 is 0 Å². The Hall–Kier alpha value is -0.0400. The molecule has 1 nitrogen and oxygen atoms in total. The molecule has 0 spiro atoms. The van der Waals surface area contributed by atoms with E-state index in [1.54, 1.807) is 0 Å². The summed E-state index contributed by atoms with van der Waals surface area (Å²) in [4.78, 5) is 0. The molecule has 16 heavy (non-hydrogen) atoms. The molecule has 0 aromatic rings. The van der Waals surface area contributed by atoms with E-state index in [9.17, 15) is 0 Å². The highest BCUT2D eigenvalue weighted by Crippen LogP contribution is 2.26. The molecule has 0 aromatic carbocycles. The Morgan fingerprint density at radius 1 is 0.438 bits per heavy atom. The number of rotatable bonds is 0. The lowest BCUT2D eigenvalue weighted by Gasteiger charge is -2.30. The first-order chi connectivity index (χ1) is 7.95. The zero-order valence-electron chi connectivity index (χ0n) is 10.8. The van der Waals surface area contributed by atoms with Gasteiger partial charge >= 0.3 is 0 Å². The molecule has 0 aliphatic carbocycles. The lowest BCUT2D eigenvalue weighted by molar-refractivity contribution is -0.0577. The lowest BCUT2D eigenvalue weighted by atomic mass is 9.97. The van der Waals surface area contributed by atoms with E-state index in [0.717, 1.165) is 0 Å². The summed E-state index contributed by atoms with van der Waals surface area (Å²) in [7, 11) is 0. The van der Waals surface area contributed by atoms with Gasteiger partial charge in [-0.3, -0.25) is 0 Å². The van der Waals surface area contributed by atoms with Gasteiger partial charge in [-0.1, -0.05) is 51.4 Å². The minimum absolute atomic E-state index is 0.611. The molecule has 0 saturated carbocycles. The normalized spacial score (nSPS) is 34.5. The van der Waals surface area contributed by atoms with Gasteiger partial charge in [0.1, 0.15) is 0 Å². The summed E-state index contributed by atoms with van der Waals surface area (Å²) in [5, 5.41) is 0. The van der Waals surface area contributed by atoms with Crippen LogP contribution in [0.15, 0.2) is 0 Å². The van der Waals surface area contributed by atoms with Crippen molar-refractivity contribution in [2.45, 2.75) is 95.7 Å². The Balaban J connectivity index is 1.76. The van der Waals surface area contributed by atoms with Crippen molar-refractivity contribution in [2.24, 2.45) is 0 Å². The van der Waals surface area contributed by atoms with Crippen molar-refractivity contribution in [2.75, 3.05) is 0 Å². The fraction of sp³-hybridized carbons (Fsp3) is 1.00. The summed E-state index contributed by atoms with van der Waals surface area (Å²) in [6, 6.07) is 0. The number of hydrogen-bond donors (Lipinski definition) is 0. The van der Waals surface area contributed by atoms with Crippen molar-refractivity contribution in [3.8, 4) is 0 Å². The van der Waals surface area contributed by atoms with Crippen LogP contribution in [0, 0.1) is 0 Å². The van der Waals surface area contributed by atoms with E-state index in [1.807, 2.05) is 0 Å². The third-order valence-electron chi connectivity index (χ3n) is 4.24. The van der Waals surface area contributed by atoms with E-state index in [-0.39, 0.29) is 0 Å². The van der Waals surface area contributed by atoms with Gasteiger partial charge in [0, 0.05) is 0 Å². The Kier molecular flexibility index (Phi) is 5.68. The van der Waals surface area contributed by atoms with Crippen LogP contribution in [-0.2, 0) is 4.74 Å². The first-order valence-electron chi connectivity index (χ1n) is 7.60. The summed E-state index contributed by atoms with van der Waals surface area (Å²) in [6.07, 6.45) is 19.5. The first kappa shape index (κ1) is 12.4. The van der Waals surface area contributed by atoms with Gasteiger partial charge in [-0.25, -0.2) is 0 Å². The molecule has 2 aliphatic heterocycles. The molecule has 0 unspecified atom stereocenters. The number of ether oxygens (including phenoxy) is 1. The predicted octanol–water partition coefficient (Wildman–Crippen LogP) is 4.84. The minimum atomic E-state index is 0.611. The van der Waals surface area contributed by atoms with E-state index in [2.05, 4.69) is 0 Å². The standard InChI is InChI=1S/C15H28O/c1-2-4-6-8-11-15-13-9-12-14(16-15)10-7-5-3-1/h14-15H,1-13H2/t14-,15+. The quantitative estimate of drug-likeness (QED) is 0.572. The Bertz CT molecular complexity index is 160. The molecule has 2 saturated heterocycles. The second kappa shape index (κ2) is 7.32. The molecule has 94 valence electrons. The third kappa shape index (κ3) is 4.45. The number of fused-ring (bicyclic) bond motifs is 2.